The van der Waals surface area contributed by atoms with E-state index in [-0.39, 0.29) is 15.9 Å². The van der Waals surface area contributed by atoms with E-state index < -0.39 is 11.7 Å². The van der Waals surface area contributed by atoms with E-state index in [1.165, 1.54) is 18.3 Å². The summed E-state index contributed by atoms with van der Waals surface area (Å²) in [4.78, 5) is 3.75. The van der Waals surface area contributed by atoms with Crippen LogP contribution in [0.3, 0.4) is 0 Å². The normalized spacial score (nSPS) is 11.4. The molecule has 100 valence electrons. The number of benzene rings is 1. The van der Waals surface area contributed by atoms with Crippen LogP contribution in [0.15, 0.2) is 36.5 Å². The predicted molar refractivity (Wildman–Crippen MR) is 65.8 cm³/mol. The highest BCUT2D eigenvalue weighted by atomic mass is 35.5. The van der Waals surface area contributed by atoms with Crippen LogP contribution in [0.1, 0.15) is 5.56 Å². The molecule has 0 aliphatic rings. The van der Waals surface area contributed by atoms with Crippen LogP contribution >= 0.6 is 23.2 Å². The van der Waals surface area contributed by atoms with Gasteiger partial charge in [0.2, 0.25) is 0 Å². The van der Waals surface area contributed by atoms with Gasteiger partial charge in [-0.15, -0.1) is 0 Å². The van der Waals surface area contributed by atoms with Crippen molar-refractivity contribution >= 4 is 23.2 Å². The SMILES string of the molecule is FC(F)(F)c1ccc(Oc2ccnc(Cl)c2)c(Cl)c1. The van der Waals surface area contributed by atoms with Crippen molar-refractivity contribution in [3.05, 3.63) is 52.3 Å². The summed E-state index contributed by atoms with van der Waals surface area (Å²) in [6, 6.07) is 5.79. The first kappa shape index (κ1) is 14.0. The average molecular weight is 308 g/mol. The van der Waals surface area contributed by atoms with Gasteiger partial charge in [0.25, 0.3) is 0 Å². The molecule has 1 aromatic carbocycles. The lowest BCUT2D eigenvalue weighted by Crippen LogP contribution is -2.04. The molecule has 19 heavy (non-hydrogen) atoms. The molecule has 1 heterocycles. The molecule has 7 heteroatoms. The second-order valence-electron chi connectivity index (χ2n) is 3.56. The molecule has 0 radical (unpaired) electrons. The molecule has 0 N–H and O–H groups in total. The van der Waals surface area contributed by atoms with E-state index in [1.807, 2.05) is 0 Å². The summed E-state index contributed by atoms with van der Waals surface area (Å²) in [6.07, 6.45) is -3.03. The fraction of sp³-hybridized carbons (Fsp3) is 0.0833. The second-order valence-corrected chi connectivity index (χ2v) is 4.35. The summed E-state index contributed by atoms with van der Waals surface area (Å²) >= 11 is 11.4. The van der Waals surface area contributed by atoms with Gasteiger partial charge in [-0.1, -0.05) is 23.2 Å². The van der Waals surface area contributed by atoms with E-state index in [2.05, 4.69) is 4.98 Å². The monoisotopic (exact) mass is 307 g/mol. The highest BCUT2D eigenvalue weighted by Crippen LogP contribution is 2.36. The second kappa shape index (κ2) is 5.27. The number of halogens is 5. The van der Waals surface area contributed by atoms with Gasteiger partial charge in [-0.2, -0.15) is 13.2 Å². The standard InChI is InChI=1S/C12H6Cl2F3NO/c13-9-5-7(12(15,16)17)1-2-10(9)19-8-3-4-18-11(14)6-8/h1-6H. The Morgan fingerprint density at radius 3 is 2.37 bits per heavy atom. The number of hydrogen-bond donors (Lipinski definition) is 0. The number of alkyl halides is 3. The number of nitrogens with zero attached hydrogens (tertiary/aromatic N) is 1. The van der Waals surface area contributed by atoms with Crippen LogP contribution < -0.4 is 4.74 Å². The van der Waals surface area contributed by atoms with Gasteiger partial charge < -0.3 is 4.74 Å². The quantitative estimate of drug-likeness (QED) is 0.711. The van der Waals surface area contributed by atoms with E-state index in [0.29, 0.717) is 5.75 Å². The van der Waals surface area contributed by atoms with Crippen molar-refractivity contribution < 1.29 is 17.9 Å². The first-order chi connectivity index (χ1) is 8.86. The molecule has 0 saturated carbocycles. The Morgan fingerprint density at radius 2 is 1.79 bits per heavy atom. The predicted octanol–water partition coefficient (Wildman–Crippen LogP) is 5.20. The van der Waals surface area contributed by atoms with Crippen molar-refractivity contribution in [3.8, 4) is 11.5 Å². The minimum absolute atomic E-state index is 0.108. The van der Waals surface area contributed by atoms with Gasteiger partial charge >= 0.3 is 6.18 Å². The van der Waals surface area contributed by atoms with Gasteiger partial charge in [0.15, 0.2) is 0 Å². The van der Waals surface area contributed by atoms with Crippen molar-refractivity contribution in [2.45, 2.75) is 6.18 Å². The fourth-order valence-corrected chi connectivity index (χ4v) is 1.72. The van der Waals surface area contributed by atoms with Gasteiger partial charge in [-0.05, 0) is 24.3 Å². The molecule has 0 bridgehead atoms. The van der Waals surface area contributed by atoms with Crippen LogP contribution in [0, 0.1) is 0 Å². The average Bonchev–Trinajstić information content (AvgIpc) is 2.30. The van der Waals surface area contributed by atoms with Crippen LogP contribution in [-0.2, 0) is 6.18 Å². The fourth-order valence-electron chi connectivity index (χ4n) is 1.34. The molecule has 0 aliphatic heterocycles. The lowest BCUT2D eigenvalue weighted by molar-refractivity contribution is -0.137. The zero-order valence-corrected chi connectivity index (χ0v) is 10.7. The van der Waals surface area contributed by atoms with Crippen molar-refractivity contribution in [2.75, 3.05) is 0 Å². The van der Waals surface area contributed by atoms with E-state index in [1.54, 1.807) is 0 Å². The number of rotatable bonds is 2. The smallest absolute Gasteiger partial charge is 0.416 e. The molecule has 2 aromatic rings. The maximum atomic E-state index is 12.5. The first-order valence-corrected chi connectivity index (χ1v) is 5.78. The van der Waals surface area contributed by atoms with Gasteiger partial charge in [0.1, 0.15) is 16.7 Å². The van der Waals surface area contributed by atoms with Crippen molar-refractivity contribution in [1.29, 1.82) is 0 Å². The number of hydrogen-bond acceptors (Lipinski definition) is 2. The van der Waals surface area contributed by atoms with Crippen LogP contribution in [-0.4, -0.2) is 4.98 Å². The summed E-state index contributed by atoms with van der Waals surface area (Å²) in [5, 5.41) is 0.0725. The van der Waals surface area contributed by atoms with Crippen LogP contribution in [0.5, 0.6) is 11.5 Å². The minimum Gasteiger partial charge on any atom is -0.456 e. The number of ether oxygens (including phenoxy) is 1. The van der Waals surface area contributed by atoms with Crippen LogP contribution in [0.25, 0.3) is 0 Å². The van der Waals surface area contributed by atoms with Crippen molar-refractivity contribution in [3.63, 3.8) is 0 Å². The van der Waals surface area contributed by atoms with E-state index in [9.17, 15) is 13.2 Å². The van der Waals surface area contributed by atoms with E-state index >= 15 is 0 Å². The summed E-state index contributed by atoms with van der Waals surface area (Å²) < 4.78 is 42.7. The molecule has 0 aliphatic carbocycles. The highest BCUT2D eigenvalue weighted by molar-refractivity contribution is 6.32. The number of aromatic nitrogens is 1. The molecule has 1 aromatic heterocycles. The largest absolute Gasteiger partial charge is 0.456 e. The Labute approximate surface area is 116 Å². The molecular formula is C12H6Cl2F3NO. The van der Waals surface area contributed by atoms with Crippen LogP contribution in [0.4, 0.5) is 13.2 Å². The lowest BCUT2D eigenvalue weighted by atomic mass is 10.2. The molecule has 0 saturated heterocycles. The van der Waals surface area contributed by atoms with Gasteiger partial charge in [0, 0.05) is 12.3 Å². The van der Waals surface area contributed by atoms with Crippen LogP contribution in [0.2, 0.25) is 10.2 Å². The molecule has 0 fully saturated rings. The van der Waals surface area contributed by atoms with Gasteiger partial charge in [-0.3, -0.25) is 0 Å². The molecule has 0 spiro atoms. The number of pyridine rings is 1. The third-order valence-corrected chi connectivity index (χ3v) is 2.69. The molecule has 0 unspecified atom stereocenters. The third-order valence-electron chi connectivity index (χ3n) is 2.19. The third kappa shape index (κ3) is 3.52. The zero-order chi connectivity index (χ0) is 14.0. The topological polar surface area (TPSA) is 22.1 Å². The maximum Gasteiger partial charge on any atom is 0.416 e. The van der Waals surface area contributed by atoms with Gasteiger partial charge in [-0.25, -0.2) is 4.98 Å². The Morgan fingerprint density at radius 1 is 1.05 bits per heavy atom. The molecule has 0 atom stereocenters. The Bertz CT molecular complexity index is 602. The summed E-state index contributed by atoms with van der Waals surface area (Å²) in [7, 11) is 0. The first-order valence-electron chi connectivity index (χ1n) is 5.02. The Hall–Kier alpha value is -1.46. The molecule has 2 rings (SSSR count). The Kier molecular flexibility index (Phi) is 3.87. The summed E-state index contributed by atoms with van der Waals surface area (Å²) in [5.74, 6) is 0.443. The minimum atomic E-state index is -4.44. The van der Waals surface area contributed by atoms with E-state index in [0.717, 1.165) is 18.2 Å². The highest BCUT2D eigenvalue weighted by Gasteiger charge is 2.31. The van der Waals surface area contributed by atoms with Gasteiger partial charge in [0.05, 0.1) is 10.6 Å². The maximum absolute atomic E-state index is 12.5. The summed E-state index contributed by atoms with van der Waals surface area (Å²) in [6.45, 7) is 0. The van der Waals surface area contributed by atoms with E-state index in [4.69, 9.17) is 27.9 Å². The van der Waals surface area contributed by atoms with Crippen molar-refractivity contribution in [1.82, 2.24) is 4.98 Å². The molecule has 0 amide bonds. The van der Waals surface area contributed by atoms with Crippen molar-refractivity contribution in [2.24, 2.45) is 0 Å². The molecule has 2 nitrogen and oxygen atoms in total. The Balaban J connectivity index is 2.27. The lowest BCUT2D eigenvalue weighted by Gasteiger charge is -2.11. The zero-order valence-electron chi connectivity index (χ0n) is 9.21. The summed E-state index contributed by atoms with van der Waals surface area (Å²) in [5.41, 5.74) is -0.836. The molecular weight excluding hydrogens is 302 g/mol.